The molecule has 2 rings (SSSR count). The lowest BCUT2D eigenvalue weighted by molar-refractivity contribution is 0.110. The molecule has 0 aliphatic heterocycles. The second kappa shape index (κ2) is 6.92. The van der Waals surface area contributed by atoms with Crippen LogP contribution >= 0.6 is 0 Å². The molecule has 1 heterocycles. The standard InChI is InChI=1S/C14H18N2O3/c1-2-17-7-8-18-13-5-3-11(4-6-13)14-9-12(10-15)16-19-14/h3-6,9H,2,7-8,10,15H2,1H3. The van der Waals surface area contributed by atoms with Crippen molar-refractivity contribution in [2.45, 2.75) is 13.5 Å². The number of hydrogen-bond donors (Lipinski definition) is 1. The predicted octanol–water partition coefficient (Wildman–Crippen LogP) is 2.22. The lowest BCUT2D eigenvalue weighted by atomic mass is 10.1. The van der Waals surface area contributed by atoms with Crippen LogP contribution in [0.15, 0.2) is 34.9 Å². The summed E-state index contributed by atoms with van der Waals surface area (Å²) >= 11 is 0. The molecule has 0 radical (unpaired) electrons. The largest absolute Gasteiger partial charge is 0.491 e. The number of ether oxygens (including phenoxy) is 2. The Kier molecular flexibility index (Phi) is 4.94. The first-order chi connectivity index (χ1) is 9.33. The molecule has 0 spiro atoms. The minimum absolute atomic E-state index is 0.377. The van der Waals surface area contributed by atoms with E-state index in [0.29, 0.717) is 32.1 Å². The van der Waals surface area contributed by atoms with Gasteiger partial charge in [0.15, 0.2) is 5.76 Å². The predicted molar refractivity (Wildman–Crippen MR) is 71.8 cm³/mol. The van der Waals surface area contributed by atoms with E-state index in [2.05, 4.69) is 5.16 Å². The van der Waals surface area contributed by atoms with Crippen molar-refractivity contribution in [3.63, 3.8) is 0 Å². The molecule has 19 heavy (non-hydrogen) atoms. The molecule has 0 aliphatic rings. The number of nitrogens with zero attached hydrogens (tertiary/aromatic N) is 1. The van der Waals surface area contributed by atoms with Crippen molar-refractivity contribution in [2.24, 2.45) is 5.73 Å². The summed E-state index contributed by atoms with van der Waals surface area (Å²) in [6, 6.07) is 9.48. The third-order valence-electron chi connectivity index (χ3n) is 2.61. The van der Waals surface area contributed by atoms with E-state index in [0.717, 1.165) is 17.0 Å². The van der Waals surface area contributed by atoms with Crippen molar-refractivity contribution in [1.29, 1.82) is 0 Å². The third kappa shape index (κ3) is 3.81. The Balaban J connectivity index is 1.94. The summed E-state index contributed by atoms with van der Waals surface area (Å²) < 4.78 is 15.9. The van der Waals surface area contributed by atoms with Gasteiger partial charge in [0, 0.05) is 24.8 Å². The van der Waals surface area contributed by atoms with Gasteiger partial charge in [0.05, 0.1) is 12.3 Å². The van der Waals surface area contributed by atoms with Crippen LogP contribution in [0.4, 0.5) is 0 Å². The highest BCUT2D eigenvalue weighted by Crippen LogP contribution is 2.23. The average molecular weight is 262 g/mol. The Hall–Kier alpha value is -1.85. The van der Waals surface area contributed by atoms with E-state index < -0.39 is 0 Å². The number of nitrogens with two attached hydrogens (primary N) is 1. The number of aromatic nitrogens is 1. The second-order valence-corrected chi connectivity index (χ2v) is 3.96. The molecule has 1 aromatic heterocycles. The Labute approximate surface area is 112 Å². The molecule has 0 saturated heterocycles. The van der Waals surface area contributed by atoms with Crippen molar-refractivity contribution in [3.8, 4) is 17.1 Å². The monoisotopic (exact) mass is 262 g/mol. The molecular formula is C14H18N2O3. The maximum Gasteiger partial charge on any atom is 0.167 e. The molecule has 2 N–H and O–H groups in total. The highest BCUT2D eigenvalue weighted by atomic mass is 16.5. The van der Waals surface area contributed by atoms with Crippen LogP contribution in [-0.2, 0) is 11.3 Å². The van der Waals surface area contributed by atoms with Crippen LogP contribution in [0, 0.1) is 0 Å². The minimum Gasteiger partial charge on any atom is -0.491 e. The van der Waals surface area contributed by atoms with Crippen LogP contribution in [0.1, 0.15) is 12.6 Å². The number of rotatable bonds is 7. The van der Waals surface area contributed by atoms with E-state index in [1.165, 1.54) is 0 Å². The molecule has 0 saturated carbocycles. The van der Waals surface area contributed by atoms with Crippen molar-refractivity contribution in [3.05, 3.63) is 36.0 Å². The van der Waals surface area contributed by atoms with Crippen LogP contribution in [0.2, 0.25) is 0 Å². The molecule has 102 valence electrons. The van der Waals surface area contributed by atoms with E-state index in [4.69, 9.17) is 19.7 Å². The van der Waals surface area contributed by atoms with Crippen molar-refractivity contribution >= 4 is 0 Å². The van der Waals surface area contributed by atoms with Crippen LogP contribution in [-0.4, -0.2) is 25.0 Å². The SMILES string of the molecule is CCOCCOc1ccc(-c2cc(CN)no2)cc1. The van der Waals surface area contributed by atoms with Gasteiger partial charge in [0.25, 0.3) is 0 Å². The van der Waals surface area contributed by atoms with Gasteiger partial charge >= 0.3 is 0 Å². The number of hydrogen-bond acceptors (Lipinski definition) is 5. The topological polar surface area (TPSA) is 70.5 Å². The van der Waals surface area contributed by atoms with Crippen LogP contribution in [0.3, 0.4) is 0 Å². The summed E-state index contributed by atoms with van der Waals surface area (Å²) in [6.07, 6.45) is 0. The van der Waals surface area contributed by atoms with E-state index in [1.807, 2.05) is 37.3 Å². The fourth-order valence-corrected chi connectivity index (χ4v) is 1.62. The second-order valence-electron chi connectivity index (χ2n) is 3.96. The maximum atomic E-state index is 5.53. The molecule has 2 aromatic rings. The minimum atomic E-state index is 0.377. The molecule has 0 aliphatic carbocycles. The van der Waals surface area contributed by atoms with Gasteiger partial charge in [0.2, 0.25) is 0 Å². The summed E-state index contributed by atoms with van der Waals surface area (Å²) in [5, 5.41) is 3.86. The van der Waals surface area contributed by atoms with E-state index in [1.54, 1.807) is 0 Å². The van der Waals surface area contributed by atoms with Crippen molar-refractivity contribution in [2.75, 3.05) is 19.8 Å². The zero-order chi connectivity index (χ0) is 13.5. The maximum absolute atomic E-state index is 5.53. The third-order valence-corrected chi connectivity index (χ3v) is 2.61. The summed E-state index contributed by atoms with van der Waals surface area (Å²) in [4.78, 5) is 0. The highest BCUT2D eigenvalue weighted by Gasteiger charge is 2.05. The molecule has 0 unspecified atom stereocenters. The zero-order valence-corrected chi connectivity index (χ0v) is 11.0. The lowest BCUT2D eigenvalue weighted by Crippen LogP contribution is -2.06. The van der Waals surface area contributed by atoms with Gasteiger partial charge in [-0.05, 0) is 31.2 Å². The Morgan fingerprint density at radius 3 is 2.63 bits per heavy atom. The van der Waals surface area contributed by atoms with Crippen molar-refractivity contribution in [1.82, 2.24) is 5.16 Å². The van der Waals surface area contributed by atoms with Crippen LogP contribution in [0.5, 0.6) is 5.75 Å². The van der Waals surface area contributed by atoms with Gasteiger partial charge in [-0.25, -0.2) is 0 Å². The molecule has 1 aromatic carbocycles. The first-order valence-corrected chi connectivity index (χ1v) is 6.30. The zero-order valence-electron chi connectivity index (χ0n) is 11.0. The molecule has 0 atom stereocenters. The summed E-state index contributed by atoms with van der Waals surface area (Å²) in [7, 11) is 0. The van der Waals surface area contributed by atoms with Crippen LogP contribution < -0.4 is 10.5 Å². The molecule has 0 bridgehead atoms. The van der Waals surface area contributed by atoms with Gasteiger partial charge in [-0.1, -0.05) is 5.16 Å². The molecular weight excluding hydrogens is 244 g/mol. The Morgan fingerprint density at radius 1 is 1.21 bits per heavy atom. The molecule has 5 nitrogen and oxygen atoms in total. The lowest BCUT2D eigenvalue weighted by Gasteiger charge is -2.06. The van der Waals surface area contributed by atoms with E-state index >= 15 is 0 Å². The summed E-state index contributed by atoms with van der Waals surface area (Å²) in [6.45, 7) is 4.19. The Morgan fingerprint density at radius 2 is 2.00 bits per heavy atom. The molecule has 5 heteroatoms. The fraction of sp³-hybridized carbons (Fsp3) is 0.357. The van der Waals surface area contributed by atoms with E-state index in [9.17, 15) is 0 Å². The summed E-state index contributed by atoms with van der Waals surface area (Å²) in [5.41, 5.74) is 7.18. The van der Waals surface area contributed by atoms with Gasteiger partial charge in [-0.15, -0.1) is 0 Å². The quantitative estimate of drug-likeness (QED) is 0.775. The van der Waals surface area contributed by atoms with Crippen molar-refractivity contribution < 1.29 is 14.0 Å². The van der Waals surface area contributed by atoms with Gasteiger partial charge in [0.1, 0.15) is 12.4 Å². The van der Waals surface area contributed by atoms with Crippen LogP contribution in [0.25, 0.3) is 11.3 Å². The molecule has 0 fully saturated rings. The first-order valence-electron chi connectivity index (χ1n) is 6.30. The number of benzene rings is 1. The fourth-order valence-electron chi connectivity index (χ4n) is 1.62. The van der Waals surface area contributed by atoms with Gasteiger partial charge < -0.3 is 19.7 Å². The van der Waals surface area contributed by atoms with Gasteiger partial charge in [-0.2, -0.15) is 0 Å². The highest BCUT2D eigenvalue weighted by molar-refractivity contribution is 5.58. The average Bonchev–Trinajstić information content (AvgIpc) is 2.93. The Bertz CT molecular complexity index is 494. The first kappa shape index (κ1) is 13.6. The summed E-state index contributed by atoms with van der Waals surface area (Å²) in [5.74, 6) is 1.52. The smallest absolute Gasteiger partial charge is 0.167 e. The van der Waals surface area contributed by atoms with E-state index in [-0.39, 0.29) is 0 Å². The van der Waals surface area contributed by atoms with Gasteiger partial charge in [-0.3, -0.25) is 0 Å². The normalized spacial score (nSPS) is 10.6. The molecule has 0 amide bonds.